The zero-order valence-electron chi connectivity index (χ0n) is 17.8. The number of hydrogen-bond donors (Lipinski definition) is 0. The number of aromatic nitrogens is 9. The van der Waals surface area contributed by atoms with Gasteiger partial charge in [0.1, 0.15) is 12.9 Å². The summed E-state index contributed by atoms with van der Waals surface area (Å²) >= 11 is 0. The van der Waals surface area contributed by atoms with Crippen molar-refractivity contribution in [2.24, 2.45) is 7.05 Å². The molecule has 5 rings (SSSR count). The SMILES string of the molecule is Cn1ncc(-c2nc(-c3cccc(Cn4cnnn4)c3)no2)c1COc1ccc(C(F)F)cn1. The number of benzene rings is 1. The van der Waals surface area contributed by atoms with Gasteiger partial charge in [-0.05, 0) is 28.1 Å². The van der Waals surface area contributed by atoms with Crippen molar-refractivity contribution in [2.45, 2.75) is 19.6 Å². The van der Waals surface area contributed by atoms with E-state index in [2.05, 4.69) is 35.7 Å². The summed E-state index contributed by atoms with van der Waals surface area (Å²) in [5, 5.41) is 19.5. The summed E-state index contributed by atoms with van der Waals surface area (Å²) < 4.78 is 39.8. The molecule has 0 atom stereocenters. The van der Waals surface area contributed by atoms with E-state index < -0.39 is 6.43 Å². The van der Waals surface area contributed by atoms with Gasteiger partial charge in [-0.1, -0.05) is 23.4 Å². The number of tetrazole rings is 1. The van der Waals surface area contributed by atoms with Gasteiger partial charge >= 0.3 is 0 Å². The highest BCUT2D eigenvalue weighted by molar-refractivity contribution is 5.61. The summed E-state index contributed by atoms with van der Waals surface area (Å²) in [5.74, 6) is 0.893. The van der Waals surface area contributed by atoms with Crippen LogP contribution in [0.5, 0.6) is 5.88 Å². The molecule has 4 aromatic heterocycles. The van der Waals surface area contributed by atoms with Crippen LogP contribution in [0.2, 0.25) is 0 Å². The Balaban J connectivity index is 1.34. The minimum atomic E-state index is -2.59. The van der Waals surface area contributed by atoms with E-state index in [1.165, 1.54) is 18.5 Å². The van der Waals surface area contributed by atoms with Gasteiger partial charge in [0.2, 0.25) is 11.7 Å². The van der Waals surface area contributed by atoms with Gasteiger partial charge in [0.25, 0.3) is 12.3 Å². The van der Waals surface area contributed by atoms with Gasteiger partial charge in [-0.3, -0.25) is 4.68 Å². The highest BCUT2D eigenvalue weighted by Crippen LogP contribution is 2.26. The highest BCUT2D eigenvalue weighted by atomic mass is 19.3. The lowest BCUT2D eigenvalue weighted by Gasteiger charge is -2.07. The van der Waals surface area contributed by atoms with Crippen LogP contribution in [0, 0.1) is 0 Å². The molecule has 0 radical (unpaired) electrons. The van der Waals surface area contributed by atoms with Gasteiger partial charge in [0.15, 0.2) is 0 Å². The number of alkyl halides is 2. The van der Waals surface area contributed by atoms with Gasteiger partial charge in [0, 0.05) is 30.4 Å². The minimum absolute atomic E-state index is 0.0754. The molecular weight excluding hydrogens is 448 g/mol. The lowest BCUT2D eigenvalue weighted by Crippen LogP contribution is -2.05. The number of halogens is 2. The second-order valence-corrected chi connectivity index (χ2v) is 7.28. The van der Waals surface area contributed by atoms with Crippen LogP contribution >= 0.6 is 0 Å². The fourth-order valence-electron chi connectivity index (χ4n) is 3.26. The number of aryl methyl sites for hydroxylation is 1. The molecule has 172 valence electrons. The number of rotatable bonds is 8. The molecule has 4 heterocycles. The largest absolute Gasteiger partial charge is 0.471 e. The molecule has 0 spiro atoms. The van der Waals surface area contributed by atoms with Crippen molar-refractivity contribution in [3.8, 4) is 28.7 Å². The zero-order chi connectivity index (χ0) is 23.5. The van der Waals surface area contributed by atoms with E-state index in [0.717, 1.165) is 17.3 Å². The normalized spacial score (nSPS) is 11.3. The molecule has 11 nitrogen and oxygen atoms in total. The highest BCUT2D eigenvalue weighted by Gasteiger charge is 2.19. The maximum Gasteiger partial charge on any atom is 0.265 e. The van der Waals surface area contributed by atoms with Gasteiger partial charge in [-0.15, -0.1) is 5.10 Å². The second-order valence-electron chi connectivity index (χ2n) is 7.28. The summed E-state index contributed by atoms with van der Waals surface area (Å²) in [6, 6.07) is 10.3. The second kappa shape index (κ2) is 9.13. The molecule has 1 aromatic carbocycles. The van der Waals surface area contributed by atoms with E-state index in [-0.39, 0.29) is 23.9 Å². The fraction of sp³-hybridized carbons (Fsp3) is 0.190. The first kappa shape index (κ1) is 21.3. The van der Waals surface area contributed by atoms with E-state index in [0.29, 0.717) is 23.6 Å². The summed E-state index contributed by atoms with van der Waals surface area (Å²) in [7, 11) is 1.75. The van der Waals surface area contributed by atoms with E-state index in [1.807, 2.05) is 24.3 Å². The Morgan fingerprint density at radius 2 is 2.06 bits per heavy atom. The van der Waals surface area contributed by atoms with E-state index >= 15 is 0 Å². The van der Waals surface area contributed by atoms with E-state index in [9.17, 15) is 8.78 Å². The van der Waals surface area contributed by atoms with Crippen LogP contribution in [-0.4, -0.2) is 45.1 Å². The van der Waals surface area contributed by atoms with Gasteiger partial charge < -0.3 is 9.26 Å². The Kier molecular flexibility index (Phi) is 5.72. The maximum absolute atomic E-state index is 12.7. The quantitative estimate of drug-likeness (QED) is 0.340. The molecule has 0 aliphatic carbocycles. The van der Waals surface area contributed by atoms with Crippen molar-refractivity contribution in [1.82, 2.24) is 45.1 Å². The third-order valence-electron chi connectivity index (χ3n) is 5.01. The Morgan fingerprint density at radius 3 is 2.82 bits per heavy atom. The van der Waals surface area contributed by atoms with Crippen molar-refractivity contribution >= 4 is 0 Å². The van der Waals surface area contributed by atoms with Crippen LogP contribution < -0.4 is 4.74 Å². The first-order valence-corrected chi connectivity index (χ1v) is 10.1. The molecule has 0 unspecified atom stereocenters. The Bertz CT molecular complexity index is 1380. The lowest BCUT2D eigenvalue weighted by atomic mass is 10.1. The van der Waals surface area contributed by atoms with Crippen molar-refractivity contribution < 1.29 is 18.0 Å². The fourth-order valence-corrected chi connectivity index (χ4v) is 3.26. The lowest BCUT2D eigenvalue weighted by molar-refractivity contribution is 0.150. The van der Waals surface area contributed by atoms with Gasteiger partial charge in [-0.2, -0.15) is 10.1 Å². The van der Waals surface area contributed by atoms with Crippen LogP contribution in [-0.2, 0) is 20.2 Å². The molecular formula is C21H17F2N9O2. The number of ether oxygens (including phenoxy) is 1. The van der Waals surface area contributed by atoms with Crippen LogP contribution in [0.15, 0.2) is 59.6 Å². The third kappa shape index (κ3) is 4.48. The predicted molar refractivity (Wildman–Crippen MR) is 112 cm³/mol. The predicted octanol–water partition coefficient (Wildman–Crippen LogP) is 3.08. The van der Waals surface area contributed by atoms with Crippen LogP contribution in [0.4, 0.5) is 8.78 Å². The molecule has 0 aliphatic rings. The number of hydrogen-bond acceptors (Lipinski definition) is 9. The first-order chi connectivity index (χ1) is 16.6. The van der Waals surface area contributed by atoms with E-state index in [4.69, 9.17) is 9.26 Å². The Hall–Kier alpha value is -4.55. The smallest absolute Gasteiger partial charge is 0.265 e. The topological polar surface area (TPSA) is 122 Å². The van der Waals surface area contributed by atoms with Crippen molar-refractivity contribution in [3.63, 3.8) is 0 Å². The summed E-state index contributed by atoms with van der Waals surface area (Å²) in [6.45, 7) is 0.577. The standard InChI is InChI=1S/C21H17F2N9O2/c1-31-17(11-33-18-6-5-15(8-24-18)19(22)23)16(9-26-31)21-27-20(28-34-21)14-4-2-3-13(7-14)10-32-12-25-29-30-32/h2-9,12,19H,10-11H2,1H3. The molecule has 0 aliphatic heterocycles. The summed E-state index contributed by atoms with van der Waals surface area (Å²) in [5.41, 5.74) is 2.81. The molecule has 0 saturated heterocycles. The molecule has 0 amide bonds. The summed E-state index contributed by atoms with van der Waals surface area (Å²) in [6.07, 6.45) is 1.63. The van der Waals surface area contributed by atoms with Gasteiger partial charge in [-0.25, -0.2) is 18.4 Å². The molecule has 0 saturated carbocycles. The Morgan fingerprint density at radius 1 is 1.15 bits per heavy atom. The number of pyridine rings is 1. The number of nitrogens with zero attached hydrogens (tertiary/aromatic N) is 9. The van der Waals surface area contributed by atoms with Crippen LogP contribution in [0.1, 0.15) is 23.2 Å². The van der Waals surface area contributed by atoms with Gasteiger partial charge in [0.05, 0.1) is 24.0 Å². The van der Waals surface area contributed by atoms with E-state index in [1.54, 1.807) is 22.6 Å². The Labute approximate surface area is 191 Å². The monoisotopic (exact) mass is 465 g/mol. The summed E-state index contributed by atoms with van der Waals surface area (Å²) in [4.78, 5) is 8.43. The average Bonchev–Trinajstić information content (AvgIpc) is 3.60. The first-order valence-electron chi connectivity index (χ1n) is 10.1. The van der Waals surface area contributed by atoms with Crippen molar-refractivity contribution in [1.29, 1.82) is 0 Å². The molecule has 0 N–H and O–H groups in total. The maximum atomic E-state index is 12.7. The van der Waals surface area contributed by atoms with Crippen LogP contribution in [0.25, 0.3) is 22.8 Å². The zero-order valence-corrected chi connectivity index (χ0v) is 17.8. The molecule has 13 heteroatoms. The average molecular weight is 465 g/mol. The molecule has 34 heavy (non-hydrogen) atoms. The third-order valence-corrected chi connectivity index (χ3v) is 5.01. The molecule has 5 aromatic rings. The van der Waals surface area contributed by atoms with Crippen molar-refractivity contribution in [2.75, 3.05) is 0 Å². The molecule has 0 fully saturated rings. The molecule has 0 bridgehead atoms. The van der Waals surface area contributed by atoms with Crippen LogP contribution in [0.3, 0.4) is 0 Å². The van der Waals surface area contributed by atoms with Crippen molar-refractivity contribution in [3.05, 3.63) is 71.9 Å². The minimum Gasteiger partial charge on any atom is -0.471 e.